The van der Waals surface area contributed by atoms with Crippen LogP contribution in [-0.2, 0) is 4.79 Å². The zero-order chi connectivity index (χ0) is 15.6. The molecule has 0 bridgehead atoms. The Morgan fingerprint density at radius 2 is 1.95 bits per heavy atom. The summed E-state index contributed by atoms with van der Waals surface area (Å²) in [5.41, 5.74) is 0.666. The number of ether oxygens (including phenoxy) is 3. The van der Waals surface area contributed by atoms with Crippen molar-refractivity contribution >= 4 is 17.6 Å². The summed E-state index contributed by atoms with van der Waals surface area (Å²) in [7, 11) is 4.56. The minimum absolute atomic E-state index is 0.224. The van der Waals surface area contributed by atoms with Crippen molar-refractivity contribution in [1.29, 1.82) is 0 Å². The van der Waals surface area contributed by atoms with E-state index in [-0.39, 0.29) is 6.04 Å². The molecular weight excluding hydrogens is 298 g/mol. The van der Waals surface area contributed by atoms with E-state index in [1.165, 1.54) is 21.3 Å². The molecule has 0 saturated carbocycles. The molecule has 0 radical (unpaired) electrons. The number of rotatable bonds is 5. The van der Waals surface area contributed by atoms with Crippen molar-refractivity contribution in [2.75, 3.05) is 27.9 Å². The number of methoxy groups -OCH3 is 3. The van der Waals surface area contributed by atoms with Crippen molar-refractivity contribution in [2.45, 2.75) is 12.5 Å². The molecule has 116 valence electrons. The lowest BCUT2D eigenvalue weighted by molar-refractivity contribution is -0.141. The number of carbonyl (C=O) groups is 1. The van der Waals surface area contributed by atoms with Crippen molar-refractivity contribution in [2.24, 2.45) is 5.92 Å². The van der Waals surface area contributed by atoms with Crippen LogP contribution in [0.3, 0.4) is 0 Å². The van der Waals surface area contributed by atoms with Gasteiger partial charge in [-0.1, -0.05) is 11.6 Å². The van der Waals surface area contributed by atoms with E-state index < -0.39 is 11.9 Å². The number of benzene rings is 1. The summed E-state index contributed by atoms with van der Waals surface area (Å²) < 4.78 is 16.0. The second-order valence-corrected chi connectivity index (χ2v) is 5.15. The minimum Gasteiger partial charge on any atom is -0.495 e. The summed E-state index contributed by atoms with van der Waals surface area (Å²) in [6, 6.07) is 1.42. The Morgan fingerprint density at radius 1 is 1.29 bits per heavy atom. The number of hydrogen-bond donors (Lipinski definition) is 2. The summed E-state index contributed by atoms with van der Waals surface area (Å²) in [5, 5.41) is 12.7. The first kappa shape index (κ1) is 15.7. The molecule has 1 aromatic rings. The Labute approximate surface area is 127 Å². The molecule has 1 aromatic carbocycles. The van der Waals surface area contributed by atoms with Gasteiger partial charge in [0.15, 0.2) is 11.5 Å². The van der Waals surface area contributed by atoms with Gasteiger partial charge in [-0.3, -0.25) is 4.79 Å². The first-order valence-electron chi connectivity index (χ1n) is 6.48. The normalized spacial score (nSPS) is 21.1. The molecule has 6 nitrogen and oxygen atoms in total. The molecule has 0 amide bonds. The number of hydrogen-bond acceptors (Lipinski definition) is 5. The highest BCUT2D eigenvalue weighted by atomic mass is 35.5. The Balaban J connectivity index is 2.48. The summed E-state index contributed by atoms with van der Waals surface area (Å²) >= 11 is 6.38. The first-order valence-corrected chi connectivity index (χ1v) is 6.85. The lowest BCUT2D eigenvalue weighted by atomic mass is 9.98. The van der Waals surface area contributed by atoms with Crippen LogP contribution in [0.1, 0.15) is 18.0 Å². The van der Waals surface area contributed by atoms with E-state index in [9.17, 15) is 4.79 Å². The molecular formula is C14H18ClNO5. The van der Waals surface area contributed by atoms with Gasteiger partial charge in [0.1, 0.15) is 5.75 Å². The standard InChI is InChI=1S/C14H18ClNO5/c1-19-9-5-10(20-2)13(21-3)11(12(9)15)8-4-7(6-16-8)14(17)18/h5,7-8,16H,4,6H2,1-3H3,(H,17,18). The lowest BCUT2D eigenvalue weighted by Gasteiger charge is -2.21. The smallest absolute Gasteiger partial charge is 0.307 e. The average Bonchev–Trinajstić information content (AvgIpc) is 2.96. The van der Waals surface area contributed by atoms with Crippen molar-refractivity contribution < 1.29 is 24.1 Å². The van der Waals surface area contributed by atoms with Crippen molar-refractivity contribution in [1.82, 2.24) is 5.32 Å². The molecule has 7 heteroatoms. The molecule has 1 aliphatic heterocycles. The van der Waals surface area contributed by atoms with Crippen molar-refractivity contribution in [3.8, 4) is 17.2 Å². The highest BCUT2D eigenvalue weighted by Gasteiger charge is 2.35. The average molecular weight is 316 g/mol. The van der Waals surface area contributed by atoms with Gasteiger partial charge in [-0.15, -0.1) is 0 Å². The number of carboxylic acid groups (broad SMARTS) is 1. The van der Waals surface area contributed by atoms with Gasteiger partial charge in [-0.05, 0) is 6.42 Å². The van der Waals surface area contributed by atoms with E-state index in [1.807, 2.05) is 0 Å². The van der Waals surface area contributed by atoms with Crippen LogP contribution in [-0.4, -0.2) is 38.9 Å². The van der Waals surface area contributed by atoms with E-state index >= 15 is 0 Å². The fourth-order valence-corrected chi connectivity index (χ4v) is 2.93. The van der Waals surface area contributed by atoms with Crippen LogP contribution >= 0.6 is 11.6 Å². The maximum atomic E-state index is 11.1. The molecule has 0 aromatic heterocycles. The zero-order valence-electron chi connectivity index (χ0n) is 12.1. The van der Waals surface area contributed by atoms with Crippen LogP contribution in [0.4, 0.5) is 0 Å². The fourth-order valence-electron chi connectivity index (χ4n) is 2.58. The third kappa shape index (κ3) is 2.87. The molecule has 1 saturated heterocycles. The van der Waals surface area contributed by atoms with Gasteiger partial charge in [0.05, 0.1) is 32.3 Å². The largest absolute Gasteiger partial charge is 0.495 e. The van der Waals surface area contributed by atoms with E-state index in [1.54, 1.807) is 6.07 Å². The second-order valence-electron chi connectivity index (χ2n) is 4.77. The van der Waals surface area contributed by atoms with Gasteiger partial charge in [0.25, 0.3) is 0 Å². The van der Waals surface area contributed by atoms with Crippen LogP contribution in [0, 0.1) is 5.92 Å². The highest BCUT2D eigenvalue weighted by molar-refractivity contribution is 6.33. The highest BCUT2D eigenvalue weighted by Crippen LogP contribution is 2.47. The van der Waals surface area contributed by atoms with E-state index in [0.717, 1.165) is 0 Å². The maximum absolute atomic E-state index is 11.1. The van der Waals surface area contributed by atoms with Crippen molar-refractivity contribution in [3.05, 3.63) is 16.7 Å². The molecule has 0 aliphatic carbocycles. The quantitative estimate of drug-likeness (QED) is 0.866. The topological polar surface area (TPSA) is 77.0 Å². The molecule has 1 aliphatic rings. The number of nitrogens with one attached hydrogen (secondary N) is 1. The predicted molar refractivity (Wildman–Crippen MR) is 77.6 cm³/mol. The van der Waals surface area contributed by atoms with Crippen LogP contribution in [0.2, 0.25) is 5.02 Å². The third-order valence-electron chi connectivity index (χ3n) is 3.66. The Hall–Kier alpha value is -1.66. The van der Waals surface area contributed by atoms with Gasteiger partial charge >= 0.3 is 5.97 Å². The summed E-state index contributed by atoms with van der Waals surface area (Å²) in [6.07, 6.45) is 0.432. The van der Waals surface area contributed by atoms with Gasteiger partial charge in [-0.2, -0.15) is 0 Å². The molecule has 1 fully saturated rings. The second kappa shape index (κ2) is 6.41. The monoisotopic (exact) mass is 315 g/mol. The zero-order valence-corrected chi connectivity index (χ0v) is 12.9. The van der Waals surface area contributed by atoms with Gasteiger partial charge in [0, 0.05) is 24.2 Å². The van der Waals surface area contributed by atoms with E-state index in [4.69, 9.17) is 30.9 Å². The SMILES string of the molecule is COc1cc(OC)c(OC)c(C2CC(C(=O)O)CN2)c1Cl. The van der Waals surface area contributed by atoms with Crippen LogP contribution < -0.4 is 19.5 Å². The van der Waals surface area contributed by atoms with Gasteiger partial charge in [0.2, 0.25) is 0 Å². The van der Waals surface area contributed by atoms with Crippen LogP contribution in [0.25, 0.3) is 0 Å². The summed E-state index contributed by atoms with van der Waals surface area (Å²) in [5.74, 6) is 0.175. The third-order valence-corrected chi connectivity index (χ3v) is 4.05. The van der Waals surface area contributed by atoms with E-state index in [0.29, 0.717) is 40.8 Å². The summed E-state index contributed by atoms with van der Waals surface area (Å²) in [6.45, 7) is 0.388. The van der Waals surface area contributed by atoms with E-state index in [2.05, 4.69) is 5.32 Å². The maximum Gasteiger partial charge on any atom is 0.307 e. The molecule has 2 atom stereocenters. The minimum atomic E-state index is -0.824. The van der Waals surface area contributed by atoms with Crippen LogP contribution in [0.5, 0.6) is 17.2 Å². The Bertz CT molecular complexity index is 549. The summed E-state index contributed by atoms with van der Waals surface area (Å²) in [4.78, 5) is 11.1. The molecule has 2 unspecified atom stereocenters. The number of aliphatic carboxylic acids is 1. The molecule has 2 rings (SSSR count). The van der Waals surface area contributed by atoms with Gasteiger partial charge < -0.3 is 24.6 Å². The first-order chi connectivity index (χ1) is 10.0. The van der Waals surface area contributed by atoms with Crippen LogP contribution in [0.15, 0.2) is 6.07 Å². The fraction of sp³-hybridized carbons (Fsp3) is 0.500. The molecule has 1 heterocycles. The van der Waals surface area contributed by atoms with Gasteiger partial charge in [-0.25, -0.2) is 0 Å². The Morgan fingerprint density at radius 3 is 2.43 bits per heavy atom. The molecule has 21 heavy (non-hydrogen) atoms. The molecule has 2 N–H and O–H groups in total. The molecule has 0 spiro atoms. The lowest BCUT2D eigenvalue weighted by Crippen LogP contribution is -2.18. The number of carboxylic acids is 1. The van der Waals surface area contributed by atoms with Crippen molar-refractivity contribution in [3.63, 3.8) is 0 Å². The Kier molecular flexibility index (Phi) is 4.80. The predicted octanol–water partition coefficient (Wildman–Crippen LogP) is 2.10. The number of halogens is 1.